The SMILES string of the molecule is CN1C(=O)O/C(=C\c2ccc(F)cc2)c2ccccc21. The molecule has 1 heterocycles. The minimum absolute atomic E-state index is 0.298. The van der Waals surface area contributed by atoms with Gasteiger partial charge in [0.25, 0.3) is 0 Å². The maximum Gasteiger partial charge on any atom is 0.419 e. The summed E-state index contributed by atoms with van der Waals surface area (Å²) in [7, 11) is 1.66. The molecule has 0 spiro atoms. The minimum atomic E-state index is -0.433. The molecule has 1 aliphatic rings. The molecule has 20 heavy (non-hydrogen) atoms. The van der Waals surface area contributed by atoms with E-state index in [0.29, 0.717) is 5.76 Å². The Hall–Kier alpha value is -2.62. The van der Waals surface area contributed by atoms with Gasteiger partial charge in [0.1, 0.15) is 11.6 Å². The van der Waals surface area contributed by atoms with Crippen molar-refractivity contribution in [1.82, 2.24) is 0 Å². The van der Waals surface area contributed by atoms with Crippen LogP contribution in [0.2, 0.25) is 0 Å². The Bertz CT molecular complexity index is 692. The van der Waals surface area contributed by atoms with E-state index in [9.17, 15) is 9.18 Å². The molecule has 3 rings (SSSR count). The number of amides is 1. The highest BCUT2D eigenvalue weighted by atomic mass is 19.1. The summed E-state index contributed by atoms with van der Waals surface area (Å²) in [4.78, 5) is 13.3. The van der Waals surface area contributed by atoms with Gasteiger partial charge in [0, 0.05) is 12.6 Å². The molecular weight excluding hydrogens is 257 g/mol. The van der Waals surface area contributed by atoms with E-state index in [1.807, 2.05) is 24.3 Å². The highest BCUT2D eigenvalue weighted by molar-refractivity contribution is 6.01. The summed E-state index contributed by atoms with van der Waals surface area (Å²) in [6, 6.07) is 13.5. The average molecular weight is 269 g/mol. The van der Waals surface area contributed by atoms with Gasteiger partial charge >= 0.3 is 6.09 Å². The van der Waals surface area contributed by atoms with Crippen LogP contribution in [0.15, 0.2) is 48.5 Å². The number of hydrogen-bond acceptors (Lipinski definition) is 2. The van der Waals surface area contributed by atoms with Crippen LogP contribution in [0.25, 0.3) is 11.8 Å². The molecule has 0 radical (unpaired) electrons. The summed E-state index contributed by atoms with van der Waals surface area (Å²) in [5.74, 6) is 0.170. The summed E-state index contributed by atoms with van der Waals surface area (Å²) in [5.41, 5.74) is 2.39. The first-order chi connectivity index (χ1) is 9.65. The number of benzene rings is 2. The molecular formula is C16H12FNO2. The first kappa shape index (κ1) is 12.4. The third-order valence-corrected chi connectivity index (χ3v) is 3.17. The van der Waals surface area contributed by atoms with Crippen LogP contribution >= 0.6 is 0 Å². The van der Waals surface area contributed by atoms with Crippen LogP contribution in [0, 0.1) is 5.82 Å². The molecule has 0 N–H and O–H groups in total. The monoisotopic (exact) mass is 269 g/mol. The lowest BCUT2D eigenvalue weighted by atomic mass is 10.1. The Morgan fingerprint density at radius 3 is 2.55 bits per heavy atom. The first-order valence-electron chi connectivity index (χ1n) is 6.17. The molecule has 0 fully saturated rings. The van der Waals surface area contributed by atoms with E-state index >= 15 is 0 Å². The van der Waals surface area contributed by atoms with Gasteiger partial charge < -0.3 is 4.74 Å². The largest absolute Gasteiger partial charge is 0.419 e. The van der Waals surface area contributed by atoms with Crippen molar-refractivity contribution in [1.29, 1.82) is 0 Å². The fraction of sp³-hybridized carbons (Fsp3) is 0.0625. The van der Waals surface area contributed by atoms with Crippen LogP contribution in [-0.4, -0.2) is 13.1 Å². The fourth-order valence-corrected chi connectivity index (χ4v) is 2.11. The van der Waals surface area contributed by atoms with Crippen molar-refractivity contribution in [3.05, 3.63) is 65.5 Å². The van der Waals surface area contributed by atoms with Crippen LogP contribution in [0.1, 0.15) is 11.1 Å². The zero-order valence-electron chi connectivity index (χ0n) is 10.8. The average Bonchev–Trinajstić information content (AvgIpc) is 2.47. The van der Waals surface area contributed by atoms with E-state index in [2.05, 4.69) is 0 Å². The van der Waals surface area contributed by atoms with E-state index in [0.717, 1.165) is 16.8 Å². The summed E-state index contributed by atoms with van der Waals surface area (Å²) < 4.78 is 18.2. The van der Waals surface area contributed by atoms with Gasteiger partial charge in [-0.2, -0.15) is 0 Å². The summed E-state index contributed by atoms with van der Waals surface area (Å²) in [5, 5.41) is 0. The lowest BCUT2D eigenvalue weighted by Crippen LogP contribution is -2.31. The molecule has 4 heteroatoms. The summed E-state index contributed by atoms with van der Waals surface area (Å²) >= 11 is 0. The second kappa shape index (κ2) is 4.81. The third kappa shape index (κ3) is 2.16. The maximum atomic E-state index is 12.9. The van der Waals surface area contributed by atoms with Crippen molar-refractivity contribution < 1.29 is 13.9 Å². The number of carbonyl (C=O) groups is 1. The zero-order chi connectivity index (χ0) is 14.1. The second-order valence-electron chi connectivity index (χ2n) is 4.50. The van der Waals surface area contributed by atoms with E-state index in [1.54, 1.807) is 25.3 Å². The molecule has 1 aliphatic heterocycles. The van der Waals surface area contributed by atoms with Gasteiger partial charge in [-0.25, -0.2) is 9.18 Å². The summed E-state index contributed by atoms with van der Waals surface area (Å²) in [6.07, 6.45) is 1.29. The number of nitrogens with zero attached hydrogens (tertiary/aromatic N) is 1. The molecule has 2 aromatic carbocycles. The van der Waals surface area contributed by atoms with Crippen LogP contribution in [0.5, 0.6) is 0 Å². The predicted octanol–water partition coefficient (Wildman–Crippen LogP) is 3.91. The summed E-state index contributed by atoms with van der Waals surface area (Å²) in [6.45, 7) is 0. The van der Waals surface area contributed by atoms with E-state index in [-0.39, 0.29) is 5.82 Å². The van der Waals surface area contributed by atoms with Crippen molar-refractivity contribution in [3.8, 4) is 0 Å². The van der Waals surface area contributed by atoms with Crippen molar-refractivity contribution in [2.24, 2.45) is 0 Å². The third-order valence-electron chi connectivity index (χ3n) is 3.17. The van der Waals surface area contributed by atoms with E-state index in [4.69, 9.17) is 4.74 Å². The second-order valence-corrected chi connectivity index (χ2v) is 4.50. The van der Waals surface area contributed by atoms with Crippen LogP contribution in [0.4, 0.5) is 14.9 Å². The molecule has 0 aromatic heterocycles. The standard InChI is InChI=1S/C16H12FNO2/c1-18-14-5-3-2-4-13(14)15(20-16(18)19)10-11-6-8-12(17)9-7-11/h2-10H,1H3/b15-10-. The molecule has 0 saturated heterocycles. The van der Waals surface area contributed by atoms with Gasteiger partial charge in [0.05, 0.1) is 5.69 Å². The van der Waals surface area contributed by atoms with E-state index < -0.39 is 6.09 Å². The van der Waals surface area contributed by atoms with Gasteiger partial charge in [-0.05, 0) is 35.9 Å². The minimum Gasteiger partial charge on any atom is -0.409 e. The van der Waals surface area contributed by atoms with Gasteiger partial charge in [-0.3, -0.25) is 4.90 Å². The predicted molar refractivity (Wildman–Crippen MR) is 75.6 cm³/mol. The Kier molecular flexibility index (Phi) is 2.99. The Morgan fingerprint density at radius 2 is 1.80 bits per heavy atom. The Morgan fingerprint density at radius 1 is 1.10 bits per heavy atom. The molecule has 100 valence electrons. The number of hydrogen-bond donors (Lipinski definition) is 0. The molecule has 0 bridgehead atoms. The highest BCUT2D eigenvalue weighted by Gasteiger charge is 2.25. The maximum absolute atomic E-state index is 12.9. The molecule has 0 saturated carbocycles. The normalized spacial score (nSPS) is 16.0. The van der Waals surface area contributed by atoms with Crippen LogP contribution in [0.3, 0.4) is 0 Å². The first-order valence-corrected chi connectivity index (χ1v) is 6.17. The van der Waals surface area contributed by atoms with Crippen molar-refractivity contribution in [2.75, 3.05) is 11.9 Å². The van der Waals surface area contributed by atoms with Crippen molar-refractivity contribution in [3.63, 3.8) is 0 Å². The van der Waals surface area contributed by atoms with Gasteiger partial charge in [0.15, 0.2) is 0 Å². The number of cyclic esters (lactones) is 1. The number of halogens is 1. The topological polar surface area (TPSA) is 29.5 Å². The number of ether oxygens (including phenoxy) is 1. The molecule has 1 amide bonds. The number of para-hydroxylation sites is 1. The van der Waals surface area contributed by atoms with Gasteiger partial charge in [0.2, 0.25) is 0 Å². The number of rotatable bonds is 1. The smallest absolute Gasteiger partial charge is 0.409 e. The molecule has 0 unspecified atom stereocenters. The van der Waals surface area contributed by atoms with Crippen molar-refractivity contribution >= 4 is 23.6 Å². The molecule has 0 aliphatic carbocycles. The quantitative estimate of drug-likeness (QED) is 0.785. The lowest BCUT2D eigenvalue weighted by molar-refractivity contribution is 0.199. The van der Waals surface area contributed by atoms with Crippen LogP contribution in [-0.2, 0) is 4.74 Å². The zero-order valence-corrected chi connectivity index (χ0v) is 10.8. The van der Waals surface area contributed by atoms with Gasteiger partial charge in [-0.1, -0.05) is 24.3 Å². The van der Waals surface area contributed by atoms with Crippen LogP contribution < -0.4 is 4.90 Å². The Balaban J connectivity index is 2.08. The molecule has 3 nitrogen and oxygen atoms in total. The lowest BCUT2D eigenvalue weighted by Gasteiger charge is -2.26. The van der Waals surface area contributed by atoms with Gasteiger partial charge in [-0.15, -0.1) is 0 Å². The molecule has 2 aromatic rings. The number of carbonyl (C=O) groups excluding carboxylic acids is 1. The highest BCUT2D eigenvalue weighted by Crippen LogP contribution is 2.33. The number of anilines is 1. The van der Waals surface area contributed by atoms with E-state index in [1.165, 1.54) is 17.0 Å². The number of fused-ring (bicyclic) bond motifs is 1. The van der Waals surface area contributed by atoms with Crippen molar-refractivity contribution in [2.45, 2.75) is 0 Å². The molecule has 0 atom stereocenters. The fourth-order valence-electron chi connectivity index (χ4n) is 2.11. The Labute approximate surface area is 115 Å².